The zero-order chi connectivity index (χ0) is 74.0. The van der Waals surface area contributed by atoms with Gasteiger partial charge in [0.15, 0.2) is 0 Å². The van der Waals surface area contributed by atoms with Crippen LogP contribution in [0.25, 0.3) is 43.1 Å². The SMILES string of the molecule is CC(C)CCCCCN1C(=O)c2ccc3c4c(C(F)(F)C(F)(F)C(F)(F)C(F)(F)C(F)(F)C(F)(F)C(F)(F)C(F)(F)F)cc5c6c(cc(C(F)(F)C(F)(F)C(F)(F)C(F)(F)C(F)(F)C(F)(F)C(F)(F)C(F)(F)F)c(c7ccc(c2c37)C1=O)c64)C(=O)N(CCCCCC(C)C)C5=O. The lowest BCUT2D eigenvalue weighted by Crippen LogP contribution is -2.74. The van der Waals surface area contributed by atoms with Gasteiger partial charge >= 0.3 is 95.3 Å². The van der Waals surface area contributed by atoms with Gasteiger partial charge in [0.2, 0.25) is 0 Å². The number of imide groups is 2. The molecule has 0 aliphatic carbocycles. The molecule has 536 valence electrons. The summed E-state index contributed by atoms with van der Waals surface area (Å²) in [7, 11) is 0. The van der Waals surface area contributed by atoms with Crippen LogP contribution in [-0.2, 0) is 11.8 Å². The van der Waals surface area contributed by atoms with Gasteiger partial charge in [-0.3, -0.25) is 29.0 Å². The van der Waals surface area contributed by atoms with Crippen LogP contribution in [0.1, 0.15) is 132 Å². The van der Waals surface area contributed by atoms with Gasteiger partial charge in [-0.2, -0.15) is 149 Å². The van der Waals surface area contributed by atoms with Crippen molar-refractivity contribution in [2.24, 2.45) is 11.8 Å². The number of hydrogen-bond donors (Lipinski definition) is 0. The lowest BCUT2D eigenvalue weighted by Gasteiger charge is -2.43. The highest BCUT2D eigenvalue weighted by molar-refractivity contribution is 6.42. The summed E-state index contributed by atoms with van der Waals surface area (Å²) < 4.78 is 513. The second kappa shape index (κ2) is 22.9. The summed E-state index contributed by atoms with van der Waals surface area (Å²) in [6.07, 6.45) is -16.4. The minimum atomic E-state index is -9.45. The summed E-state index contributed by atoms with van der Waals surface area (Å²) in [5.74, 6) is -135. The number of unbranched alkanes of at least 4 members (excludes halogenated alkanes) is 4. The molecular formula is C56H40F34N2O4. The fraction of sp³-hybridized carbons (Fsp3) is 0.571. The molecule has 0 N–H and O–H groups in total. The van der Waals surface area contributed by atoms with Crippen LogP contribution in [0.4, 0.5) is 149 Å². The van der Waals surface area contributed by atoms with E-state index in [1.54, 1.807) is 27.7 Å². The number of halogens is 34. The highest BCUT2D eigenvalue weighted by Gasteiger charge is 2.97. The van der Waals surface area contributed by atoms with Gasteiger partial charge in [-0.1, -0.05) is 78.4 Å². The first-order valence-corrected chi connectivity index (χ1v) is 27.4. The monoisotopic (exact) mass is 1450 g/mol. The van der Waals surface area contributed by atoms with Gasteiger partial charge in [0.1, 0.15) is 0 Å². The normalized spacial score (nSPS) is 16.5. The first-order chi connectivity index (χ1) is 42.9. The summed E-state index contributed by atoms with van der Waals surface area (Å²) >= 11 is 0. The highest BCUT2D eigenvalue weighted by Crippen LogP contribution is 2.69. The molecule has 0 saturated heterocycles. The first-order valence-electron chi connectivity index (χ1n) is 27.4. The number of alkyl halides is 34. The fourth-order valence-corrected chi connectivity index (χ4v) is 11.1. The van der Waals surface area contributed by atoms with E-state index in [1.807, 2.05) is 0 Å². The molecule has 0 aromatic heterocycles. The van der Waals surface area contributed by atoms with Crippen LogP contribution in [0, 0.1) is 11.8 Å². The van der Waals surface area contributed by atoms with E-state index in [-0.39, 0.29) is 68.2 Å². The Morgan fingerprint density at radius 3 is 0.802 bits per heavy atom. The molecule has 40 heteroatoms. The maximum atomic E-state index is 17.5. The zero-order valence-corrected chi connectivity index (χ0v) is 48.1. The summed E-state index contributed by atoms with van der Waals surface area (Å²) in [6.45, 7) is 4.63. The van der Waals surface area contributed by atoms with Crippen molar-refractivity contribution in [2.45, 2.75) is 174 Å². The molecule has 0 spiro atoms. The molecule has 6 nitrogen and oxygen atoms in total. The van der Waals surface area contributed by atoms with Crippen LogP contribution >= 0.6 is 0 Å². The third-order valence-corrected chi connectivity index (χ3v) is 16.5. The maximum Gasteiger partial charge on any atom is 0.460 e. The molecule has 0 fully saturated rings. The number of benzene rings is 5. The summed E-state index contributed by atoms with van der Waals surface area (Å²) in [5.41, 5.74) is -14.0. The topological polar surface area (TPSA) is 74.8 Å². The third kappa shape index (κ3) is 10.1. The second-order valence-electron chi connectivity index (χ2n) is 23.6. The lowest BCUT2D eigenvalue weighted by molar-refractivity contribution is -0.462. The maximum absolute atomic E-state index is 17.5. The van der Waals surface area contributed by atoms with Crippen molar-refractivity contribution in [3.05, 3.63) is 69.8 Å². The van der Waals surface area contributed by atoms with Crippen LogP contribution < -0.4 is 0 Å². The van der Waals surface area contributed by atoms with Gasteiger partial charge in [-0.25, -0.2) is 0 Å². The predicted octanol–water partition coefficient (Wildman–Crippen LogP) is 20.3. The average molecular weight is 1450 g/mol. The Balaban J connectivity index is 1.71. The lowest BCUT2D eigenvalue weighted by atomic mass is 9.76. The van der Waals surface area contributed by atoms with E-state index in [0.29, 0.717) is 17.7 Å². The van der Waals surface area contributed by atoms with E-state index in [0.717, 1.165) is 0 Å². The Kier molecular flexibility index (Phi) is 18.3. The van der Waals surface area contributed by atoms with Gasteiger partial charge < -0.3 is 0 Å². The van der Waals surface area contributed by atoms with Gasteiger partial charge in [0.25, 0.3) is 23.6 Å². The van der Waals surface area contributed by atoms with E-state index < -0.39 is 232 Å². The largest absolute Gasteiger partial charge is 0.460 e. The Labute approximate surface area is 513 Å². The Hall–Kier alpha value is -6.70. The number of fused-ring (bicyclic) bond motifs is 2. The van der Waals surface area contributed by atoms with Crippen LogP contribution in [0.15, 0.2) is 36.4 Å². The highest BCUT2D eigenvalue weighted by atomic mass is 19.4. The number of amides is 4. The Morgan fingerprint density at radius 1 is 0.281 bits per heavy atom. The number of rotatable bonds is 26. The van der Waals surface area contributed by atoms with E-state index >= 15 is 70.2 Å². The number of hydrogen-bond acceptors (Lipinski definition) is 4. The van der Waals surface area contributed by atoms with Gasteiger partial charge in [0.05, 0.1) is 0 Å². The molecular weight excluding hydrogens is 1410 g/mol. The minimum Gasteiger partial charge on any atom is -0.274 e. The molecule has 4 amide bonds. The second-order valence-corrected chi connectivity index (χ2v) is 23.6. The van der Waals surface area contributed by atoms with E-state index in [4.69, 9.17) is 0 Å². The summed E-state index contributed by atoms with van der Waals surface area (Å²) in [4.78, 5) is 57.3. The quantitative estimate of drug-likeness (QED) is 0.0182. The fourth-order valence-electron chi connectivity index (χ4n) is 11.1. The molecule has 2 aliphatic rings. The zero-order valence-electron chi connectivity index (χ0n) is 48.1. The molecule has 2 heterocycles. The minimum absolute atomic E-state index is 0.000887. The predicted molar refractivity (Wildman–Crippen MR) is 264 cm³/mol. The number of carbonyl (C=O) groups excluding carboxylic acids is 4. The van der Waals surface area contributed by atoms with Gasteiger partial charge in [-0.15, -0.1) is 0 Å². The molecule has 7 rings (SSSR count). The van der Waals surface area contributed by atoms with Crippen molar-refractivity contribution in [3.8, 4) is 0 Å². The molecule has 0 atom stereocenters. The molecule has 96 heavy (non-hydrogen) atoms. The molecule has 2 aliphatic heterocycles. The van der Waals surface area contributed by atoms with Crippen molar-refractivity contribution in [1.29, 1.82) is 0 Å². The Bertz CT molecular complexity index is 3700. The standard InChI is InChI=1S/C56H40F34N2O4/c1-21(2)11-7-5-9-17-91-37(93)25-15-13-23-31-24(14-16-26(32(25)31)38(91)94)35-30(42(59,60)44(63,64)46(67,68)48(71,72)50(75,76)52(79,80)54(83,84)56(88,89)90)20-28-33-27(39(95)92(40(28)96)18-10-6-8-12-22(3)4)19-29(34(23)36(33)35)41(57,58)43(61,62)45(65,66)47(69,70)49(73,74)51(77,78)53(81,82)55(85,86)87/h13-16,19-22H,5-12,17-18H2,1-4H3. The average Bonchev–Trinajstić information content (AvgIpc) is 0.672. The van der Waals surface area contributed by atoms with Gasteiger partial charge in [0, 0.05) is 68.0 Å². The van der Waals surface area contributed by atoms with E-state index in [1.165, 1.54) is 0 Å². The first kappa shape index (κ1) is 76.7. The molecule has 0 unspecified atom stereocenters. The van der Waals surface area contributed by atoms with Crippen molar-refractivity contribution >= 4 is 66.7 Å². The summed E-state index contributed by atoms with van der Waals surface area (Å²) in [6, 6.07) is -1.56. The molecule has 0 bridgehead atoms. The van der Waals surface area contributed by atoms with Crippen LogP contribution in [0.3, 0.4) is 0 Å². The third-order valence-electron chi connectivity index (χ3n) is 16.5. The van der Waals surface area contributed by atoms with Crippen molar-refractivity contribution < 1.29 is 168 Å². The molecule has 0 radical (unpaired) electrons. The molecule has 5 aromatic carbocycles. The van der Waals surface area contributed by atoms with E-state index in [2.05, 4.69) is 0 Å². The van der Waals surface area contributed by atoms with Crippen molar-refractivity contribution in [2.75, 3.05) is 13.1 Å². The molecule has 0 saturated carbocycles. The number of nitrogens with zero attached hydrogens (tertiary/aromatic N) is 2. The van der Waals surface area contributed by atoms with Crippen LogP contribution in [0.2, 0.25) is 0 Å². The van der Waals surface area contributed by atoms with E-state index in [9.17, 15) is 98.2 Å². The Morgan fingerprint density at radius 2 is 0.531 bits per heavy atom. The molecule has 5 aromatic rings. The smallest absolute Gasteiger partial charge is 0.274 e. The van der Waals surface area contributed by atoms with Gasteiger partial charge in [-0.05, 0) is 70.5 Å². The van der Waals surface area contributed by atoms with Crippen LogP contribution in [-0.4, -0.2) is 130 Å². The number of carbonyl (C=O) groups is 4. The van der Waals surface area contributed by atoms with Crippen LogP contribution in [0.5, 0.6) is 0 Å². The van der Waals surface area contributed by atoms with Crippen molar-refractivity contribution in [3.63, 3.8) is 0 Å². The summed E-state index contributed by atoms with van der Waals surface area (Å²) in [5, 5.41) is -16.8. The van der Waals surface area contributed by atoms with Crippen molar-refractivity contribution in [1.82, 2.24) is 9.80 Å².